The third-order valence-corrected chi connectivity index (χ3v) is 3.63. The highest BCUT2D eigenvalue weighted by Gasteiger charge is 2.24. The molecule has 1 aromatic heterocycles. The Hall–Kier alpha value is -0.970. The molecule has 1 saturated heterocycles. The number of nitrogens with zero attached hydrogens (tertiary/aromatic N) is 1. The van der Waals surface area contributed by atoms with Gasteiger partial charge in [-0.1, -0.05) is 0 Å². The van der Waals surface area contributed by atoms with Gasteiger partial charge in [0, 0.05) is 5.92 Å². The summed E-state index contributed by atoms with van der Waals surface area (Å²) in [5.41, 5.74) is 0.482. The molecule has 1 aliphatic heterocycles. The van der Waals surface area contributed by atoms with E-state index >= 15 is 0 Å². The van der Waals surface area contributed by atoms with E-state index in [1.54, 1.807) is 6.92 Å². The van der Waals surface area contributed by atoms with Crippen LogP contribution in [0.3, 0.4) is 0 Å². The Morgan fingerprint density at radius 2 is 2.20 bits per heavy atom. The number of hydrogen-bond donors (Lipinski definition) is 1. The fourth-order valence-corrected chi connectivity index (χ4v) is 2.84. The van der Waals surface area contributed by atoms with Crippen molar-refractivity contribution in [3.63, 3.8) is 0 Å². The zero-order valence-corrected chi connectivity index (χ0v) is 9.34. The molecule has 4 nitrogen and oxygen atoms in total. The Bertz CT molecular complexity index is 369. The minimum absolute atomic E-state index is 0.0109. The number of aryl methyl sites for hydroxylation is 1. The first kappa shape index (κ1) is 10.5. The topological polar surface area (TPSA) is 63.3 Å². The van der Waals surface area contributed by atoms with Gasteiger partial charge in [0.25, 0.3) is 0 Å². The third-order valence-electron chi connectivity index (χ3n) is 2.58. The number of hydrogen-bond acceptors (Lipinski definition) is 4. The third kappa shape index (κ3) is 2.17. The van der Waals surface area contributed by atoms with Crippen LogP contribution in [0.25, 0.3) is 0 Å². The second-order valence-electron chi connectivity index (χ2n) is 3.66. The maximum absolute atomic E-state index is 10.8. The molecule has 5 heteroatoms. The van der Waals surface area contributed by atoms with E-state index in [0.29, 0.717) is 17.5 Å². The molecule has 0 atom stereocenters. The maximum atomic E-state index is 10.8. The fourth-order valence-electron chi connectivity index (χ4n) is 1.73. The van der Waals surface area contributed by atoms with E-state index in [4.69, 9.17) is 9.52 Å². The van der Waals surface area contributed by atoms with E-state index < -0.39 is 5.97 Å². The second kappa shape index (κ2) is 4.26. The number of oxazole rings is 1. The number of rotatable bonds is 2. The standard InChI is InChI=1S/C10H13NO3S/c1-6-8(10(12)13)14-9(11-6)7-2-4-15-5-3-7/h7H,2-5H2,1H3,(H,12,13). The molecule has 2 heterocycles. The highest BCUT2D eigenvalue weighted by molar-refractivity contribution is 7.99. The highest BCUT2D eigenvalue weighted by Crippen LogP contribution is 2.31. The smallest absolute Gasteiger partial charge is 0.373 e. The summed E-state index contributed by atoms with van der Waals surface area (Å²) in [6, 6.07) is 0. The van der Waals surface area contributed by atoms with Crippen LogP contribution >= 0.6 is 11.8 Å². The van der Waals surface area contributed by atoms with Crippen molar-refractivity contribution < 1.29 is 14.3 Å². The number of aromatic carboxylic acids is 1. The first-order valence-corrected chi connectivity index (χ1v) is 6.12. The molecular formula is C10H13NO3S. The van der Waals surface area contributed by atoms with Gasteiger partial charge in [-0.15, -0.1) is 0 Å². The van der Waals surface area contributed by atoms with E-state index in [1.807, 2.05) is 11.8 Å². The molecular weight excluding hydrogens is 214 g/mol. The van der Waals surface area contributed by atoms with Gasteiger partial charge in [0.05, 0.1) is 5.69 Å². The van der Waals surface area contributed by atoms with Crippen LogP contribution in [0, 0.1) is 6.92 Å². The highest BCUT2D eigenvalue weighted by atomic mass is 32.2. The molecule has 0 aliphatic carbocycles. The quantitative estimate of drug-likeness (QED) is 0.839. The van der Waals surface area contributed by atoms with Gasteiger partial charge in [-0.3, -0.25) is 0 Å². The van der Waals surface area contributed by atoms with E-state index in [2.05, 4.69) is 4.98 Å². The molecule has 82 valence electrons. The summed E-state index contributed by atoms with van der Waals surface area (Å²) >= 11 is 1.92. The van der Waals surface area contributed by atoms with Gasteiger partial charge in [-0.25, -0.2) is 9.78 Å². The zero-order valence-electron chi connectivity index (χ0n) is 8.52. The van der Waals surface area contributed by atoms with Crippen molar-refractivity contribution in [1.29, 1.82) is 0 Å². The summed E-state index contributed by atoms with van der Waals surface area (Å²) in [5.74, 6) is 2.08. The molecule has 0 radical (unpaired) electrons. The normalized spacial score (nSPS) is 17.9. The molecule has 0 saturated carbocycles. The molecule has 1 N–H and O–H groups in total. The molecule has 0 aromatic carbocycles. The van der Waals surface area contributed by atoms with Crippen LogP contribution in [0.5, 0.6) is 0 Å². The molecule has 1 aliphatic rings. The Morgan fingerprint density at radius 3 is 2.73 bits per heavy atom. The predicted octanol–water partition coefficient (Wildman–Crippen LogP) is 2.29. The fraction of sp³-hybridized carbons (Fsp3) is 0.600. The summed E-state index contributed by atoms with van der Waals surface area (Å²) in [7, 11) is 0. The van der Waals surface area contributed by atoms with Gasteiger partial charge in [0.1, 0.15) is 0 Å². The predicted molar refractivity (Wildman–Crippen MR) is 57.5 cm³/mol. The Labute approximate surface area is 92.1 Å². The van der Waals surface area contributed by atoms with Crippen LogP contribution in [0.2, 0.25) is 0 Å². The molecule has 2 rings (SSSR count). The SMILES string of the molecule is Cc1nc(C2CCSCC2)oc1C(=O)O. The Kier molecular flexibility index (Phi) is 3.00. The Morgan fingerprint density at radius 1 is 1.53 bits per heavy atom. The maximum Gasteiger partial charge on any atom is 0.373 e. The average molecular weight is 227 g/mol. The summed E-state index contributed by atoms with van der Waals surface area (Å²) in [4.78, 5) is 15.0. The molecule has 1 fully saturated rings. The summed E-state index contributed by atoms with van der Waals surface area (Å²) in [6.07, 6.45) is 2.06. The van der Waals surface area contributed by atoms with Crippen molar-refractivity contribution >= 4 is 17.7 Å². The van der Waals surface area contributed by atoms with Gasteiger partial charge < -0.3 is 9.52 Å². The Balaban J connectivity index is 2.21. The van der Waals surface area contributed by atoms with Gasteiger partial charge in [-0.2, -0.15) is 11.8 Å². The monoisotopic (exact) mass is 227 g/mol. The van der Waals surface area contributed by atoms with E-state index in [9.17, 15) is 4.79 Å². The van der Waals surface area contributed by atoms with Crippen LogP contribution < -0.4 is 0 Å². The lowest BCUT2D eigenvalue weighted by atomic mass is 10.0. The average Bonchev–Trinajstić information content (AvgIpc) is 2.62. The zero-order chi connectivity index (χ0) is 10.8. The van der Waals surface area contributed by atoms with Crippen molar-refractivity contribution in [2.75, 3.05) is 11.5 Å². The van der Waals surface area contributed by atoms with Crippen LogP contribution in [0.4, 0.5) is 0 Å². The lowest BCUT2D eigenvalue weighted by Crippen LogP contribution is -2.08. The molecule has 0 unspecified atom stereocenters. The van der Waals surface area contributed by atoms with Gasteiger partial charge >= 0.3 is 5.97 Å². The molecule has 1 aromatic rings. The summed E-state index contributed by atoms with van der Waals surface area (Å²) in [6.45, 7) is 1.67. The van der Waals surface area contributed by atoms with E-state index in [0.717, 1.165) is 24.3 Å². The van der Waals surface area contributed by atoms with Crippen molar-refractivity contribution in [1.82, 2.24) is 4.98 Å². The first-order chi connectivity index (χ1) is 7.18. The van der Waals surface area contributed by atoms with Crippen LogP contribution in [0.1, 0.15) is 40.9 Å². The van der Waals surface area contributed by atoms with E-state index in [1.165, 1.54) is 0 Å². The van der Waals surface area contributed by atoms with Crippen molar-refractivity contribution in [3.8, 4) is 0 Å². The van der Waals surface area contributed by atoms with Gasteiger partial charge in [0.15, 0.2) is 5.89 Å². The number of thioether (sulfide) groups is 1. The number of carboxylic acids is 1. The van der Waals surface area contributed by atoms with Crippen LogP contribution in [-0.4, -0.2) is 27.6 Å². The van der Waals surface area contributed by atoms with Crippen molar-refractivity contribution in [3.05, 3.63) is 17.3 Å². The molecule has 0 spiro atoms. The number of carboxylic acid groups (broad SMARTS) is 1. The summed E-state index contributed by atoms with van der Waals surface area (Å²) in [5, 5.41) is 8.84. The second-order valence-corrected chi connectivity index (χ2v) is 4.88. The molecule has 0 amide bonds. The minimum Gasteiger partial charge on any atom is -0.475 e. The van der Waals surface area contributed by atoms with Crippen molar-refractivity contribution in [2.45, 2.75) is 25.7 Å². The van der Waals surface area contributed by atoms with Crippen molar-refractivity contribution in [2.24, 2.45) is 0 Å². The number of carbonyl (C=O) groups is 1. The summed E-state index contributed by atoms with van der Waals surface area (Å²) < 4.78 is 5.30. The van der Waals surface area contributed by atoms with Crippen LogP contribution in [-0.2, 0) is 0 Å². The van der Waals surface area contributed by atoms with Crippen LogP contribution in [0.15, 0.2) is 4.42 Å². The van der Waals surface area contributed by atoms with Gasteiger partial charge in [-0.05, 0) is 31.3 Å². The minimum atomic E-state index is -1.03. The molecule has 0 bridgehead atoms. The number of aromatic nitrogens is 1. The first-order valence-electron chi connectivity index (χ1n) is 4.97. The lowest BCUT2D eigenvalue weighted by molar-refractivity contribution is 0.0658. The van der Waals surface area contributed by atoms with E-state index in [-0.39, 0.29) is 5.76 Å². The van der Waals surface area contributed by atoms with Gasteiger partial charge in [0.2, 0.25) is 5.76 Å². The lowest BCUT2D eigenvalue weighted by Gasteiger charge is -2.17. The molecule has 15 heavy (non-hydrogen) atoms. The largest absolute Gasteiger partial charge is 0.475 e.